The van der Waals surface area contributed by atoms with E-state index in [1.807, 2.05) is 0 Å². The molecule has 8 rings (SSSR count). The van der Waals surface area contributed by atoms with Gasteiger partial charge in [0.2, 0.25) is 0 Å². The fourth-order valence-corrected chi connectivity index (χ4v) is 9.21. The summed E-state index contributed by atoms with van der Waals surface area (Å²) >= 11 is 0. The Labute approximate surface area is 321 Å². The van der Waals surface area contributed by atoms with Gasteiger partial charge in [-0.1, -0.05) is 0 Å². The van der Waals surface area contributed by atoms with Crippen molar-refractivity contribution in [2.24, 2.45) is 0 Å². The summed E-state index contributed by atoms with van der Waals surface area (Å²) in [5.74, 6) is 0.370. The van der Waals surface area contributed by atoms with Gasteiger partial charge in [0.15, 0.2) is 0 Å². The SMILES string of the molecule is Cc1cc(C(F)(F)F)cc(O)c1-c1ccc(NC2CCC3CCC2N3C)nn1.Cc1cc(C(F)(F)F)cc(O)c1-c1ccc(NC2CCC3CCC2N3C)nn1. The second-order valence-electron chi connectivity index (χ2n) is 15.6. The van der Waals surface area contributed by atoms with Gasteiger partial charge in [-0.3, -0.25) is 9.80 Å². The molecule has 0 saturated carbocycles. The molecule has 4 aliphatic heterocycles. The number of hydrogen-bond donors (Lipinski definition) is 4. The maximum absolute atomic E-state index is 12.9. The monoisotopic (exact) mass is 784 g/mol. The second-order valence-corrected chi connectivity index (χ2v) is 15.6. The standard InChI is InChI=1S/2C20H23F3N4O/c2*1-11-9-12(20(21,22)23)10-17(28)19(11)15-6-8-18(26-25-15)24-14-5-3-13-4-7-16(14)27(13)2/h2*6,8-10,13-14,16,28H,3-5,7H2,1-2H3,(H,24,26). The van der Waals surface area contributed by atoms with Crippen LogP contribution in [0.5, 0.6) is 11.5 Å². The smallest absolute Gasteiger partial charge is 0.416 e. The number of anilines is 2. The van der Waals surface area contributed by atoms with Crippen molar-refractivity contribution in [3.05, 3.63) is 70.8 Å². The zero-order valence-electron chi connectivity index (χ0n) is 31.6. The number of piperidine rings is 2. The Hall–Kier alpha value is -4.70. The number of nitrogens with one attached hydrogen (secondary N) is 2. The Morgan fingerprint density at radius 3 is 1.25 bits per heavy atom. The molecule has 16 heteroatoms. The molecule has 4 saturated heterocycles. The molecule has 2 aromatic heterocycles. The van der Waals surface area contributed by atoms with E-state index in [4.69, 9.17) is 0 Å². The van der Waals surface area contributed by atoms with E-state index in [2.05, 4.69) is 54.9 Å². The first-order valence-electron chi connectivity index (χ1n) is 18.9. The van der Waals surface area contributed by atoms with E-state index in [9.17, 15) is 36.6 Å². The number of aromatic nitrogens is 4. The van der Waals surface area contributed by atoms with Crippen molar-refractivity contribution in [2.45, 2.75) is 114 Å². The maximum atomic E-state index is 12.9. The first-order valence-corrected chi connectivity index (χ1v) is 18.9. The molecule has 0 aliphatic carbocycles. The largest absolute Gasteiger partial charge is 0.507 e. The van der Waals surface area contributed by atoms with Gasteiger partial charge in [-0.2, -0.15) is 26.3 Å². The average Bonchev–Trinajstić information content (AvgIpc) is 3.50. The number of hydrogen-bond acceptors (Lipinski definition) is 10. The van der Waals surface area contributed by atoms with Gasteiger partial charge in [-0.15, -0.1) is 20.4 Å². The van der Waals surface area contributed by atoms with E-state index < -0.39 is 35.0 Å². The Balaban J connectivity index is 0.000000172. The van der Waals surface area contributed by atoms with Crippen LogP contribution in [0.25, 0.3) is 22.5 Å². The van der Waals surface area contributed by atoms with Crippen LogP contribution in [0.4, 0.5) is 38.0 Å². The molecule has 0 radical (unpaired) electrons. The lowest BCUT2D eigenvalue weighted by Crippen LogP contribution is -2.48. The summed E-state index contributed by atoms with van der Waals surface area (Å²) in [4.78, 5) is 4.87. The molecule has 4 fully saturated rings. The minimum absolute atomic E-state index is 0.267. The number of fused-ring (bicyclic) bond motifs is 4. The molecule has 4 N–H and O–H groups in total. The van der Waals surface area contributed by atoms with Crippen molar-refractivity contribution >= 4 is 11.6 Å². The molecule has 10 nitrogen and oxygen atoms in total. The number of phenols is 2. The molecule has 4 aliphatic rings. The lowest BCUT2D eigenvalue weighted by Gasteiger charge is -2.38. The molecular weight excluding hydrogens is 738 g/mol. The third-order valence-electron chi connectivity index (χ3n) is 12.1. The van der Waals surface area contributed by atoms with Crippen LogP contribution in [0, 0.1) is 13.8 Å². The fourth-order valence-electron chi connectivity index (χ4n) is 9.21. The Bertz CT molecular complexity index is 1840. The average molecular weight is 785 g/mol. The van der Waals surface area contributed by atoms with Gasteiger partial charge < -0.3 is 20.8 Å². The van der Waals surface area contributed by atoms with Gasteiger partial charge in [0.1, 0.15) is 23.1 Å². The molecule has 6 heterocycles. The van der Waals surface area contributed by atoms with Crippen LogP contribution in [0.3, 0.4) is 0 Å². The highest BCUT2D eigenvalue weighted by Gasteiger charge is 2.41. The first kappa shape index (κ1) is 39.5. The summed E-state index contributed by atoms with van der Waals surface area (Å²) in [6.07, 6.45) is 0.283. The number of aryl methyl sites for hydroxylation is 2. The van der Waals surface area contributed by atoms with Gasteiger partial charge in [0.25, 0.3) is 0 Å². The zero-order valence-corrected chi connectivity index (χ0v) is 31.6. The van der Waals surface area contributed by atoms with Crippen molar-refractivity contribution in [1.29, 1.82) is 0 Å². The topological polar surface area (TPSA) is 123 Å². The highest BCUT2D eigenvalue weighted by molar-refractivity contribution is 5.72. The number of phenolic OH excluding ortho intramolecular Hbond substituents is 2. The summed E-state index contributed by atoms with van der Waals surface area (Å²) in [5.41, 5.74) is 0.0575. The summed E-state index contributed by atoms with van der Waals surface area (Å²) in [6, 6.07) is 13.3. The van der Waals surface area contributed by atoms with Crippen LogP contribution >= 0.6 is 0 Å². The van der Waals surface area contributed by atoms with Crippen molar-refractivity contribution in [3.8, 4) is 34.0 Å². The molecule has 56 heavy (non-hydrogen) atoms. The molecule has 0 amide bonds. The molecule has 6 atom stereocenters. The molecule has 2 aromatic carbocycles. The van der Waals surface area contributed by atoms with E-state index >= 15 is 0 Å². The van der Waals surface area contributed by atoms with E-state index in [0.29, 0.717) is 70.4 Å². The Kier molecular flexibility index (Phi) is 10.8. The minimum Gasteiger partial charge on any atom is -0.507 e. The highest BCUT2D eigenvalue weighted by atomic mass is 19.4. The van der Waals surface area contributed by atoms with Gasteiger partial charge in [-0.25, -0.2) is 0 Å². The van der Waals surface area contributed by atoms with Crippen molar-refractivity contribution in [3.63, 3.8) is 0 Å². The van der Waals surface area contributed by atoms with Crippen LogP contribution in [0.2, 0.25) is 0 Å². The van der Waals surface area contributed by atoms with Crippen molar-refractivity contribution < 1.29 is 36.6 Å². The Morgan fingerprint density at radius 2 is 0.929 bits per heavy atom. The Morgan fingerprint density at radius 1 is 0.554 bits per heavy atom. The summed E-state index contributed by atoms with van der Waals surface area (Å²) in [5, 5.41) is 43.8. The molecule has 300 valence electrons. The normalized spacial score (nSPS) is 25.1. The number of nitrogens with zero attached hydrogens (tertiary/aromatic N) is 6. The van der Waals surface area contributed by atoms with Crippen molar-refractivity contribution in [2.75, 3.05) is 24.7 Å². The van der Waals surface area contributed by atoms with Gasteiger partial charge in [-0.05, 0) is 139 Å². The predicted molar refractivity (Wildman–Crippen MR) is 200 cm³/mol. The number of rotatable bonds is 6. The summed E-state index contributed by atoms with van der Waals surface area (Å²) in [6.45, 7) is 3.04. The molecule has 6 unspecified atom stereocenters. The lowest BCUT2D eigenvalue weighted by atomic mass is 9.98. The number of halogens is 6. The zero-order chi connectivity index (χ0) is 40.1. The van der Waals surface area contributed by atoms with Crippen LogP contribution < -0.4 is 10.6 Å². The van der Waals surface area contributed by atoms with Gasteiger partial charge >= 0.3 is 12.4 Å². The van der Waals surface area contributed by atoms with E-state index in [1.165, 1.54) is 39.5 Å². The minimum atomic E-state index is -4.51. The molecule has 0 spiro atoms. The highest BCUT2D eigenvalue weighted by Crippen LogP contribution is 2.41. The van der Waals surface area contributed by atoms with E-state index in [-0.39, 0.29) is 11.1 Å². The third kappa shape index (κ3) is 8.08. The first-order chi connectivity index (χ1) is 26.5. The third-order valence-corrected chi connectivity index (χ3v) is 12.1. The predicted octanol–water partition coefficient (Wildman–Crippen LogP) is 8.43. The fraction of sp³-hybridized carbons (Fsp3) is 0.500. The molecule has 4 aromatic rings. The number of aromatic hydroxyl groups is 2. The molecule has 4 bridgehead atoms. The lowest BCUT2D eigenvalue weighted by molar-refractivity contribution is -0.138. The summed E-state index contributed by atoms with van der Waals surface area (Å²) < 4.78 is 77.4. The van der Waals surface area contributed by atoms with E-state index in [0.717, 1.165) is 49.9 Å². The number of benzene rings is 2. The van der Waals surface area contributed by atoms with E-state index in [1.54, 1.807) is 24.3 Å². The summed E-state index contributed by atoms with van der Waals surface area (Å²) in [7, 11) is 4.34. The van der Waals surface area contributed by atoms with Crippen LogP contribution in [-0.4, -0.2) is 90.8 Å². The second kappa shape index (κ2) is 15.3. The molecular formula is C40H46F6N8O2. The number of alkyl halides is 6. The van der Waals surface area contributed by atoms with Crippen LogP contribution in [-0.2, 0) is 12.4 Å². The van der Waals surface area contributed by atoms with Crippen molar-refractivity contribution in [1.82, 2.24) is 30.2 Å². The van der Waals surface area contributed by atoms with Crippen LogP contribution in [0.1, 0.15) is 73.6 Å². The van der Waals surface area contributed by atoms with Gasteiger partial charge in [0.05, 0.1) is 22.5 Å². The quantitative estimate of drug-likeness (QED) is 0.142. The van der Waals surface area contributed by atoms with Gasteiger partial charge in [0, 0.05) is 47.4 Å². The number of likely N-dealkylation sites (N-methyl/N-ethyl adjacent to an activating group) is 2. The maximum Gasteiger partial charge on any atom is 0.416 e. The van der Waals surface area contributed by atoms with Crippen LogP contribution in [0.15, 0.2) is 48.5 Å².